The molecule has 1 saturated heterocycles. The van der Waals surface area contributed by atoms with Gasteiger partial charge in [-0.25, -0.2) is 4.79 Å². The van der Waals surface area contributed by atoms with Crippen LogP contribution in [0.4, 0.5) is 4.79 Å². The number of alkyl carbamates (subject to hydrolysis) is 1. The van der Waals surface area contributed by atoms with E-state index >= 15 is 0 Å². The summed E-state index contributed by atoms with van der Waals surface area (Å²) in [5.41, 5.74) is 2.32. The Morgan fingerprint density at radius 2 is 2.15 bits per heavy atom. The SMILES string of the molecule is CCC1CC(OC(=O)NCC2=C[C][C]C=C2)CCN1Cc1ccccc1. The molecule has 2 aliphatic rings. The van der Waals surface area contributed by atoms with Crippen LogP contribution in [0.5, 0.6) is 0 Å². The molecule has 0 spiro atoms. The third-order valence-corrected chi connectivity index (χ3v) is 4.92. The number of nitrogens with zero attached hydrogens (tertiary/aromatic N) is 1. The summed E-state index contributed by atoms with van der Waals surface area (Å²) in [6.07, 6.45) is 13.7. The number of amides is 1. The number of hydrogen-bond donors (Lipinski definition) is 1. The van der Waals surface area contributed by atoms with Gasteiger partial charge in [0.2, 0.25) is 0 Å². The third-order valence-electron chi connectivity index (χ3n) is 4.92. The van der Waals surface area contributed by atoms with Crippen LogP contribution in [0.3, 0.4) is 0 Å². The lowest BCUT2D eigenvalue weighted by molar-refractivity contribution is 0.0187. The minimum atomic E-state index is -0.339. The van der Waals surface area contributed by atoms with Crippen LogP contribution >= 0.6 is 0 Å². The highest BCUT2D eigenvalue weighted by molar-refractivity contribution is 5.68. The molecule has 1 aliphatic carbocycles. The lowest BCUT2D eigenvalue weighted by atomic mass is 9.96. The average Bonchev–Trinajstić information content (AvgIpc) is 2.69. The van der Waals surface area contributed by atoms with E-state index in [1.54, 1.807) is 6.08 Å². The largest absolute Gasteiger partial charge is 0.446 e. The van der Waals surface area contributed by atoms with E-state index in [2.05, 4.69) is 54.2 Å². The smallest absolute Gasteiger partial charge is 0.407 e. The van der Waals surface area contributed by atoms with E-state index in [4.69, 9.17) is 4.74 Å². The Hall–Kier alpha value is -2.07. The fourth-order valence-electron chi connectivity index (χ4n) is 3.48. The van der Waals surface area contributed by atoms with Crippen LogP contribution in [0.2, 0.25) is 0 Å². The van der Waals surface area contributed by atoms with Gasteiger partial charge in [-0.2, -0.15) is 0 Å². The summed E-state index contributed by atoms with van der Waals surface area (Å²) in [4.78, 5) is 14.6. The molecule has 1 aromatic rings. The Labute approximate surface area is 156 Å². The molecule has 1 amide bonds. The zero-order valence-electron chi connectivity index (χ0n) is 15.3. The predicted molar refractivity (Wildman–Crippen MR) is 102 cm³/mol. The van der Waals surface area contributed by atoms with E-state index in [0.29, 0.717) is 12.6 Å². The van der Waals surface area contributed by atoms with Gasteiger partial charge in [0.05, 0.1) is 0 Å². The second-order valence-electron chi connectivity index (χ2n) is 6.76. The summed E-state index contributed by atoms with van der Waals surface area (Å²) in [7, 11) is 0. The van der Waals surface area contributed by atoms with Crippen molar-refractivity contribution in [2.75, 3.05) is 13.1 Å². The van der Waals surface area contributed by atoms with Crippen molar-refractivity contribution in [2.45, 2.75) is 44.9 Å². The van der Waals surface area contributed by atoms with Crippen molar-refractivity contribution < 1.29 is 9.53 Å². The first kappa shape index (κ1) is 18.7. The molecule has 4 nitrogen and oxygen atoms in total. The molecule has 4 heteroatoms. The Kier molecular flexibility index (Phi) is 6.89. The van der Waals surface area contributed by atoms with Gasteiger partial charge >= 0.3 is 6.09 Å². The molecule has 0 aromatic heterocycles. The molecular formula is C22H26N2O2. The first-order valence-corrected chi connectivity index (χ1v) is 9.33. The summed E-state index contributed by atoms with van der Waals surface area (Å²) in [5, 5.41) is 2.82. The molecule has 2 atom stereocenters. The summed E-state index contributed by atoms with van der Waals surface area (Å²) in [6.45, 7) is 4.57. The maximum absolute atomic E-state index is 12.1. The van der Waals surface area contributed by atoms with Crippen LogP contribution in [0.15, 0.2) is 54.1 Å². The number of ether oxygens (including phenoxy) is 1. The topological polar surface area (TPSA) is 41.6 Å². The first-order valence-electron chi connectivity index (χ1n) is 9.33. The molecule has 1 fully saturated rings. The van der Waals surface area contributed by atoms with E-state index < -0.39 is 0 Å². The molecule has 1 heterocycles. The Morgan fingerprint density at radius 1 is 1.31 bits per heavy atom. The average molecular weight is 350 g/mol. The van der Waals surface area contributed by atoms with Crippen molar-refractivity contribution in [3.63, 3.8) is 0 Å². The minimum absolute atomic E-state index is 0.0114. The molecule has 26 heavy (non-hydrogen) atoms. The Morgan fingerprint density at radius 3 is 2.88 bits per heavy atom. The van der Waals surface area contributed by atoms with Crippen LogP contribution in [0, 0.1) is 12.8 Å². The highest BCUT2D eigenvalue weighted by atomic mass is 16.6. The lowest BCUT2D eigenvalue weighted by Gasteiger charge is -2.38. The van der Waals surface area contributed by atoms with Gasteiger partial charge in [-0.1, -0.05) is 55.5 Å². The second kappa shape index (κ2) is 9.58. The summed E-state index contributed by atoms with van der Waals surface area (Å²) in [5.74, 6) is 0. The molecule has 2 unspecified atom stereocenters. The molecule has 3 rings (SSSR count). The van der Waals surface area contributed by atoms with Gasteiger partial charge in [0.15, 0.2) is 0 Å². The highest BCUT2D eigenvalue weighted by Gasteiger charge is 2.29. The van der Waals surface area contributed by atoms with E-state index in [0.717, 1.165) is 37.9 Å². The van der Waals surface area contributed by atoms with Gasteiger partial charge in [-0.15, -0.1) is 0 Å². The number of nitrogens with one attached hydrogen (secondary N) is 1. The zero-order valence-corrected chi connectivity index (χ0v) is 15.3. The van der Waals surface area contributed by atoms with Crippen molar-refractivity contribution in [3.05, 3.63) is 72.5 Å². The Balaban J connectivity index is 1.45. The van der Waals surface area contributed by atoms with Crippen molar-refractivity contribution in [1.29, 1.82) is 0 Å². The van der Waals surface area contributed by atoms with E-state index in [1.807, 2.05) is 18.2 Å². The Bertz CT molecular complexity index is 639. The number of piperidine rings is 1. The fraction of sp³-hybridized carbons (Fsp3) is 0.409. The van der Waals surface area contributed by atoms with Crippen LogP contribution < -0.4 is 5.32 Å². The normalized spacial score (nSPS) is 23.3. The van der Waals surface area contributed by atoms with Gasteiger partial charge in [-0.3, -0.25) is 4.90 Å². The van der Waals surface area contributed by atoms with Crippen LogP contribution in [0.25, 0.3) is 0 Å². The molecule has 1 aromatic carbocycles. The fourth-order valence-corrected chi connectivity index (χ4v) is 3.48. The summed E-state index contributed by atoms with van der Waals surface area (Å²) in [6, 6.07) is 11.0. The number of rotatable bonds is 6. The number of hydrogen-bond acceptors (Lipinski definition) is 3. The lowest BCUT2D eigenvalue weighted by Crippen LogP contribution is -2.45. The van der Waals surface area contributed by atoms with Gasteiger partial charge in [0.25, 0.3) is 0 Å². The van der Waals surface area contributed by atoms with E-state index in [9.17, 15) is 4.79 Å². The molecule has 0 saturated carbocycles. The standard InChI is InChI=1S/C22H26N2O2/c1-2-20-15-21(13-14-24(20)17-19-11-7-4-8-12-19)26-22(25)23-16-18-9-5-3-6-10-18/h4-5,7-12,20-21H,2,13-17H2,1H3,(H,23,25). The maximum atomic E-state index is 12.1. The maximum Gasteiger partial charge on any atom is 0.407 e. The zero-order chi connectivity index (χ0) is 18.2. The van der Waals surface area contributed by atoms with Gasteiger partial charge in [-0.05, 0) is 24.0 Å². The monoisotopic (exact) mass is 350 g/mol. The van der Waals surface area contributed by atoms with Crippen LogP contribution in [0.1, 0.15) is 31.7 Å². The van der Waals surface area contributed by atoms with Crippen molar-refractivity contribution in [1.82, 2.24) is 10.2 Å². The van der Waals surface area contributed by atoms with Crippen molar-refractivity contribution in [2.24, 2.45) is 0 Å². The first-order chi connectivity index (χ1) is 12.7. The quantitative estimate of drug-likeness (QED) is 0.848. The van der Waals surface area contributed by atoms with Crippen molar-refractivity contribution in [3.8, 4) is 0 Å². The number of likely N-dealkylation sites (tertiary alicyclic amines) is 1. The number of carbonyl (C=O) groups is 1. The van der Waals surface area contributed by atoms with Gasteiger partial charge in [0.1, 0.15) is 6.10 Å². The predicted octanol–water partition coefficient (Wildman–Crippen LogP) is 3.81. The van der Waals surface area contributed by atoms with Crippen LogP contribution in [-0.4, -0.2) is 36.2 Å². The minimum Gasteiger partial charge on any atom is -0.446 e. The van der Waals surface area contributed by atoms with E-state index in [1.165, 1.54) is 5.56 Å². The molecule has 4 radical (unpaired) electrons. The molecule has 0 bridgehead atoms. The second-order valence-corrected chi connectivity index (χ2v) is 6.76. The molecule has 136 valence electrons. The van der Waals surface area contributed by atoms with Crippen LogP contribution in [-0.2, 0) is 11.3 Å². The van der Waals surface area contributed by atoms with Gasteiger partial charge < -0.3 is 10.1 Å². The van der Waals surface area contributed by atoms with Gasteiger partial charge in [0, 0.05) is 44.9 Å². The summed E-state index contributed by atoms with van der Waals surface area (Å²) < 4.78 is 5.65. The third kappa shape index (κ3) is 5.46. The number of allylic oxidation sites excluding steroid dienone is 2. The van der Waals surface area contributed by atoms with E-state index in [-0.39, 0.29) is 12.2 Å². The number of carbonyl (C=O) groups excluding carboxylic acids is 1. The molecular weight excluding hydrogens is 324 g/mol. The summed E-state index contributed by atoms with van der Waals surface area (Å²) >= 11 is 0. The molecule has 1 N–H and O–H groups in total. The van der Waals surface area contributed by atoms with Crippen molar-refractivity contribution >= 4 is 6.09 Å². The molecule has 1 aliphatic heterocycles. The highest BCUT2D eigenvalue weighted by Crippen LogP contribution is 2.24. The number of benzene rings is 1.